The molecule has 0 radical (unpaired) electrons. The van der Waals surface area contributed by atoms with Gasteiger partial charge in [0, 0.05) is 17.1 Å². The van der Waals surface area contributed by atoms with Crippen molar-refractivity contribution in [2.24, 2.45) is 0 Å². The average molecular weight is 426 g/mol. The molecule has 2 aromatic heterocycles. The molecule has 0 bridgehead atoms. The number of thiophene rings is 1. The number of fused-ring (bicyclic) bond motifs is 4. The number of amides is 1. The van der Waals surface area contributed by atoms with Crippen LogP contribution in [0.5, 0.6) is 0 Å². The Kier molecular flexibility index (Phi) is 4.95. The van der Waals surface area contributed by atoms with Crippen molar-refractivity contribution in [2.45, 2.75) is 50.0 Å². The van der Waals surface area contributed by atoms with Gasteiger partial charge in [-0.25, -0.2) is 4.98 Å². The molecular formula is C22H23N3O2S2. The fraction of sp³-hybridized carbons (Fsp3) is 0.409. The lowest BCUT2D eigenvalue weighted by Crippen LogP contribution is -2.35. The lowest BCUT2D eigenvalue weighted by Gasteiger charge is -2.21. The van der Waals surface area contributed by atoms with Crippen LogP contribution in [0.2, 0.25) is 0 Å². The third-order valence-electron chi connectivity index (χ3n) is 5.85. The maximum atomic E-state index is 13.0. The first-order chi connectivity index (χ1) is 14.1. The molecule has 3 heterocycles. The minimum Gasteiger partial charge on any atom is -0.311 e. The van der Waals surface area contributed by atoms with Crippen molar-refractivity contribution in [3.05, 3.63) is 56.4 Å². The molecule has 0 saturated heterocycles. The van der Waals surface area contributed by atoms with Crippen molar-refractivity contribution >= 4 is 44.9 Å². The number of nitrogens with one attached hydrogen (secondary N) is 1. The van der Waals surface area contributed by atoms with Crippen LogP contribution in [0.3, 0.4) is 0 Å². The second-order valence-electron chi connectivity index (χ2n) is 7.73. The lowest BCUT2D eigenvalue weighted by molar-refractivity contribution is -0.117. The topological polar surface area (TPSA) is 66.1 Å². The van der Waals surface area contributed by atoms with Crippen LogP contribution in [0.15, 0.2) is 29.1 Å². The highest BCUT2D eigenvalue weighted by Crippen LogP contribution is 2.34. The number of thioether (sulfide) groups is 1. The predicted octanol–water partition coefficient (Wildman–Crippen LogP) is 4.07. The highest BCUT2D eigenvalue weighted by molar-refractivity contribution is 7.99. The van der Waals surface area contributed by atoms with Gasteiger partial charge in [0.1, 0.15) is 10.7 Å². The van der Waals surface area contributed by atoms with E-state index in [0.717, 1.165) is 48.1 Å². The first kappa shape index (κ1) is 18.9. The molecule has 1 amide bonds. The molecule has 1 aliphatic carbocycles. The highest BCUT2D eigenvalue weighted by Gasteiger charge is 2.28. The smallest absolute Gasteiger partial charge is 0.259 e. The molecule has 150 valence electrons. The standard InChI is InChI=1S/C22H23N3O2S2/c1-13(22(27)25-11-10-14-6-2-4-8-16(14)25)28-12-18-23-20(26)19-15-7-3-5-9-17(15)29-21(19)24-18/h2,4,6,8,13H,3,5,7,9-12H2,1H3,(H,23,24,26)/t13-/m1/s1. The van der Waals surface area contributed by atoms with Crippen molar-refractivity contribution in [3.8, 4) is 0 Å². The van der Waals surface area contributed by atoms with Crippen LogP contribution in [0.25, 0.3) is 10.2 Å². The van der Waals surface area contributed by atoms with E-state index < -0.39 is 0 Å². The number of hydrogen-bond donors (Lipinski definition) is 1. The van der Waals surface area contributed by atoms with Crippen molar-refractivity contribution < 1.29 is 4.79 Å². The fourth-order valence-corrected chi connectivity index (χ4v) is 6.43. The first-order valence-electron chi connectivity index (χ1n) is 10.2. The number of aromatic amines is 1. The molecule has 0 saturated carbocycles. The summed E-state index contributed by atoms with van der Waals surface area (Å²) in [7, 11) is 0. The number of carbonyl (C=O) groups is 1. The van der Waals surface area contributed by atoms with Gasteiger partial charge >= 0.3 is 0 Å². The largest absolute Gasteiger partial charge is 0.311 e. The van der Waals surface area contributed by atoms with Crippen molar-refractivity contribution in [1.82, 2.24) is 9.97 Å². The molecule has 0 fully saturated rings. The molecule has 29 heavy (non-hydrogen) atoms. The Hall–Kier alpha value is -2.12. The summed E-state index contributed by atoms with van der Waals surface area (Å²) in [5, 5.41) is 0.593. The number of benzene rings is 1. The molecule has 7 heteroatoms. The number of carbonyl (C=O) groups excluding carboxylic acids is 1. The summed E-state index contributed by atoms with van der Waals surface area (Å²) in [5.41, 5.74) is 3.44. The van der Waals surface area contributed by atoms with E-state index >= 15 is 0 Å². The molecule has 1 N–H and O–H groups in total. The fourth-order valence-electron chi connectivity index (χ4n) is 4.34. The predicted molar refractivity (Wildman–Crippen MR) is 120 cm³/mol. The number of para-hydroxylation sites is 1. The van der Waals surface area contributed by atoms with Gasteiger partial charge in [0.25, 0.3) is 5.56 Å². The molecule has 1 aliphatic heterocycles. The van der Waals surface area contributed by atoms with Gasteiger partial charge in [0.05, 0.1) is 16.4 Å². The SMILES string of the molecule is C[C@@H](SCc1nc2sc3c(c2c(=O)[nH]1)CCCC3)C(=O)N1CCc2ccccc21. The number of H-pyrrole nitrogens is 1. The third-order valence-corrected chi connectivity index (χ3v) is 8.17. The molecule has 1 aromatic carbocycles. The maximum Gasteiger partial charge on any atom is 0.259 e. The van der Waals surface area contributed by atoms with Crippen LogP contribution in [0.4, 0.5) is 5.69 Å². The lowest BCUT2D eigenvalue weighted by atomic mass is 9.97. The zero-order chi connectivity index (χ0) is 20.0. The zero-order valence-corrected chi connectivity index (χ0v) is 18.0. The van der Waals surface area contributed by atoms with Crippen LogP contribution in [-0.4, -0.2) is 27.7 Å². The van der Waals surface area contributed by atoms with Gasteiger partial charge in [0.2, 0.25) is 5.91 Å². The summed E-state index contributed by atoms with van der Waals surface area (Å²) in [6.45, 7) is 2.68. The first-order valence-corrected chi connectivity index (χ1v) is 12.0. The molecule has 5 rings (SSSR count). The number of rotatable bonds is 4. The minimum atomic E-state index is -0.196. The van der Waals surface area contributed by atoms with E-state index in [2.05, 4.69) is 11.1 Å². The van der Waals surface area contributed by atoms with E-state index in [1.54, 1.807) is 11.3 Å². The maximum absolute atomic E-state index is 13.0. The highest BCUT2D eigenvalue weighted by atomic mass is 32.2. The summed E-state index contributed by atoms with van der Waals surface area (Å²) in [4.78, 5) is 37.4. The van der Waals surface area contributed by atoms with E-state index in [-0.39, 0.29) is 16.7 Å². The number of anilines is 1. The Morgan fingerprint density at radius 2 is 2.10 bits per heavy atom. The molecule has 0 spiro atoms. The van der Waals surface area contributed by atoms with E-state index in [1.165, 1.54) is 34.2 Å². The van der Waals surface area contributed by atoms with Crippen molar-refractivity contribution in [1.29, 1.82) is 0 Å². The Morgan fingerprint density at radius 1 is 1.28 bits per heavy atom. The number of aryl methyl sites for hydroxylation is 2. The van der Waals surface area contributed by atoms with Crippen LogP contribution < -0.4 is 10.5 Å². The number of aromatic nitrogens is 2. The third kappa shape index (κ3) is 3.40. The molecule has 2 aliphatic rings. The minimum absolute atomic E-state index is 0.0301. The van der Waals surface area contributed by atoms with Crippen LogP contribution in [0, 0.1) is 0 Å². The second-order valence-corrected chi connectivity index (χ2v) is 10.1. The van der Waals surface area contributed by atoms with E-state index in [9.17, 15) is 9.59 Å². The summed E-state index contributed by atoms with van der Waals surface area (Å²) < 4.78 is 0. The monoisotopic (exact) mass is 425 g/mol. The molecule has 3 aromatic rings. The summed E-state index contributed by atoms with van der Waals surface area (Å²) in [6, 6.07) is 8.10. The summed E-state index contributed by atoms with van der Waals surface area (Å²) >= 11 is 3.20. The summed E-state index contributed by atoms with van der Waals surface area (Å²) in [6.07, 6.45) is 5.29. The Labute approximate surface area is 177 Å². The quantitative estimate of drug-likeness (QED) is 0.684. The van der Waals surface area contributed by atoms with Gasteiger partial charge in [-0.15, -0.1) is 23.1 Å². The van der Waals surface area contributed by atoms with E-state index in [4.69, 9.17) is 4.98 Å². The van der Waals surface area contributed by atoms with Gasteiger partial charge in [-0.1, -0.05) is 18.2 Å². The van der Waals surface area contributed by atoms with Crippen LogP contribution in [0.1, 0.15) is 41.6 Å². The Bertz CT molecular complexity index is 1150. The molecule has 0 unspecified atom stereocenters. The molecule has 5 nitrogen and oxygen atoms in total. The van der Waals surface area contributed by atoms with Gasteiger partial charge in [0.15, 0.2) is 0 Å². The Balaban J connectivity index is 1.32. The van der Waals surface area contributed by atoms with Gasteiger partial charge < -0.3 is 9.88 Å². The van der Waals surface area contributed by atoms with E-state index in [1.807, 2.05) is 30.0 Å². The van der Waals surface area contributed by atoms with Crippen molar-refractivity contribution in [2.75, 3.05) is 11.4 Å². The number of nitrogens with zero attached hydrogens (tertiary/aromatic N) is 2. The van der Waals surface area contributed by atoms with Gasteiger partial charge in [-0.05, 0) is 56.2 Å². The number of hydrogen-bond acceptors (Lipinski definition) is 5. The second kappa shape index (κ2) is 7.61. The van der Waals surface area contributed by atoms with Gasteiger partial charge in [-0.2, -0.15) is 0 Å². The molecule has 1 atom stereocenters. The van der Waals surface area contributed by atoms with Crippen molar-refractivity contribution in [3.63, 3.8) is 0 Å². The van der Waals surface area contributed by atoms with Crippen LogP contribution in [-0.2, 0) is 29.8 Å². The van der Waals surface area contributed by atoms with Gasteiger partial charge in [-0.3, -0.25) is 9.59 Å². The zero-order valence-electron chi connectivity index (χ0n) is 16.4. The normalized spacial score (nSPS) is 16.7. The van der Waals surface area contributed by atoms with E-state index in [0.29, 0.717) is 11.6 Å². The average Bonchev–Trinajstić information content (AvgIpc) is 3.33. The summed E-state index contributed by atoms with van der Waals surface area (Å²) in [5.74, 6) is 1.30. The van der Waals surface area contributed by atoms with Crippen LogP contribution >= 0.6 is 23.1 Å². The Morgan fingerprint density at radius 3 is 3.00 bits per heavy atom. The molecular weight excluding hydrogens is 402 g/mol.